The number of carbonyl (C=O) groups excluding carboxylic acids is 3. The molecule has 5 nitrogen and oxygen atoms in total. The Bertz CT molecular complexity index is 924. The van der Waals surface area contributed by atoms with E-state index in [9.17, 15) is 14.4 Å². The van der Waals surface area contributed by atoms with Gasteiger partial charge in [-0.1, -0.05) is 29.3 Å². The van der Waals surface area contributed by atoms with E-state index in [0.717, 1.165) is 27.9 Å². The third-order valence-electron chi connectivity index (χ3n) is 4.85. The van der Waals surface area contributed by atoms with Crippen molar-refractivity contribution in [3.63, 3.8) is 0 Å². The van der Waals surface area contributed by atoms with E-state index in [1.807, 2.05) is 45.9 Å². The summed E-state index contributed by atoms with van der Waals surface area (Å²) in [5.74, 6) is -0.664. The zero-order valence-electron chi connectivity index (χ0n) is 16.2. The summed E-state index contributed by atoms with van der Waals surface area (Å²) in [5.41, 5.74) is 5.88. The van der Waals surface area contributed by atoms with Crippen molar-refractivity contribution in [3.05, 3.63) is 63.7 Å². The highest BCUT2D eigenvalue weighted by Gasteiger charge is 2.34. The minimum Gasteiger partial charge on any atom is -0.326 e. The van der Waals surface area contributed by atoms with Gasteiger partial charge in [0.15, 0.2) is 0 Å². The second kappa shape index (κ2) is 7.35. The van der Waals surface area contributed by atoms with Gasteiger partial charge >= 0.3 is 0 Å². The molecule has 1 heterocycles. The average molecular weight is 364 g/mol. The summed E-state index contributed by atoms with van der Waals surface area (Å²) in [7, 11) is 0. The number of imide groups is 1. The standard InChI is InChI=1S/C22H24N2O3/c1-13-7-8-17-18(12-13)22(27)24(21(17)26)9-5-6-19(25)23-20-15(3)10-14(2)11-16(20)4/h7-8,10-12H,5-6,9H2,1-4H3,(H,23,25). The first-order chi connectivity index (χ1) is 12.8. The SMILES string of the molecule is Cc1cc(C)c(NC(=O)CCCN2C(=O)c3ccc(C)cc3C2=O)c(C)c1. The van der Waals surface area contributed by atoms with E-state index in [-0.39, 0.29) is 30.7 Å². The minimum atomic E-state index is -0.277. The molecule has 0 atom stereocenters. The van der Waals surface area contributed by atoms with Crippen molar-refractivity contribution in [2.24, 2.45) is 0 Å². The van der Waals surface area contributed by atoms with Gasteiger partial charge in [0.1, 0.15) is 0 Å². The molecule has 0 aromatic heterocycles. The maximum Gasteiger partial charge on any atom is 0.261 e. The normalized spacial score (nSPS) is 13.1. The fraction of sp³-hybridized carbons (Fsp3) is 0.318. The van der Waals surface area contributed by atoms with E-state index >= 15 is 0 Å². The largest absolute Gasteiger partial charge is 0.326 e. The third-order valence-corrected chi connectivity index (χ3v) is 4.85. The zero-order chi connectivity index (χ0) is 19.7. The molecule has 5 heteroatoms. The molecule has 1 aliphatic heterocycles. The van der Waals surface area contributed by atoms with Crippen LogP contribution < -0.4 is 5.32 Å². The molecule has 3 amide bonds. The number of nitrogens with zero attached hydrogens (tertiary/aromatic N) is 1. The first-order valence-corrected chi connectivity index (χ1v) is 9.12. The van der Waals surface area contributed by atoms with Crippen LogP contribution in [0, 0.1) is 27.7 Å². The summed E-state index contributed by atoms with van der Waals surface area (Å²) in [4.78, 5) is 38.4. The van der Waals surface area contributed by atoms with Gasteiger partial charge in [0, 0.05) is 18.7 Å². The summed E-state index contributed by atoms with van der Waals surface area (Å²) in [5, 5.41) is 2.95. The molecule has 2 aromatic carbocycles. The quantitative estimate of drug-likeness (QED) is 0.818. The molecule has 0 bridgehead atoms. The molecule has 0 radical (unpaired) electrons. The second-order valence-corrected chi connectivity index (χ2v) is 7.24. The monoisotopic (exact) mass is 364 g/mol. The summed E-state index contributed by atoms with van der Waals surface area (Å²) in [6, 6.07) is 9.33. The van der Waals surface area contributed by atoms with Gasteiger partial charge in [0.2, 0.25) is 5.91 Å². The Hall–Kier alpha value is -2.95. The molecule has 1 N–H and O–H groups in total. The molecule has 0 spiro atoms. The molecule has 0 saturated carbocycles. The molecule has 1 aliphatic rings. The first kappa shape index (κ1) is 18.8. The number of rotatable bonds is 5. The van der Waals surface area contributed by atoms with Crippen LogP contribution in [0.2, 0.25) is 0 Å². The molecule has 0 aliphatic carbocycles. The maximum atomic E-state index is 12.5. The number of benzene rings is 2. The Morgan fingerprint density at radius 2 is 1.52 bits per heavy atom. The smallest absolute Gasteiger partial charge is 0.261 e. The fourth-order valence-electron chi connectivity index (χ4n) is 3.58. The van der Waals surface area contributed by atoms with Crippen LogP contribution in [0.5, 0.6) is 0 Å². The molecule has 0 fully saturated rings. The van der Waals surface area contributed by atoms with Crippen molar-refractivity contribution >= 4 is 23.4 Å². The number of amides is 3. The van der Waals surface area contributed by atoms with Gasteiger partial charge in [-0.2, -0.15) is 0 Å². The van der Waals surface area contributed by atoms with Gasteiger partial charge in [-0.15, -0.1) is 0 Å². The van der Waals surface area contributed by atoms with Crippen molar-refractivity contribution in [2.45, 2.75) is 40.5 Å². The van der Waals surface area contributed by atoms with Crippen LogP contribution in [0.25, 0.3) is 0 Å². The van der Waals surface area contributed by atoms with Crippen LogP contribution in [-0.2, 0) is 4.79 Å². The van der Waals surface area contributed by atoms with Crippen LogP contribution in [0.1, 0.15) is 55.8 Å². The third kappa shape index (κ3) is 3.77. The van der Waals surface area contributed by atoms with Gasteiger partial charge in [0.05, 0.1) is 11.1 Å². The topological polar surface area (TPSA) is 66.5 Å². The lowest BCUT2D eigenvalue weighted by Gasteiger charge is -2.15. The van der Waals surface area contributed by atoms with E-state index in [0.29, 0.717) is 17.5 Å². The van der Waals surface area contributed by atoms with Crippen LogP contribution in [0.3, 0.4) is 0 Å². The van der Waals surface area contributed by atoms with E-state index in [2.05, 4.69) is 5.32 Å². The lowest BCUT2D eigenvalue weighted by molar-refractivity contribution is -0.116. The van der Waals surface area contributed by atoms with Crippen molar-refractivity contribution in [1.29, 1.82) is 0 Å². The number of hydrogen-bond acceptors (Lipinski definition) is 3. The van der Waals surface area contributed by atoms with E-state index in [1.165, 1.54) is 4.90 Å². The summed E-state index contributed by atoms with van der Waals surface area (Å²) in [6.45, 7) is 8.09. The average Bonchev–Trinajstić information content (AvgIpc) is 2.82. The summed E-state index contributed by atoms with van der Waals surface area (Å²) < 4.78 is 0. The predicted molar refractivity (Wildman–Crippen MR) is 105 cm³/mol. The number of fused-ring (bicyclic) bond motifs is 1. The Morgan fingerprint density at radius 1 is 0.889 bits per heavy atom. The molecule has 27 heavy (non-hydrogen) atoms. The van der Waals surface area contributed by atoms with Gasteiger partial charge in [-0.3, -0.25) is 19.3 Å². The molecular weight excluding hydrogens is 340 g/mol. The minimum absolute atomic E-state index is 0.113. The molecular formula is C22H24N2O3. The van der Waals surface area contributed by atoms with Gasteiger partial charge in [0.25, 0.3) is 11.8 Å². The number of carbonyl (C=O) groups is 3. The molecule has 0 saturated heterocycles. The first-order valence-electron chi connectivity index (χ1n) is 9.12. The van der Waals surface area contributed by atoms with Crippen LogP contribution in [0.15, 0.2) is 30.3 Å². The lowest BCUT2D eigenvalue weighted by Crippen LogP contribution is -2.31. The van der Waals surface area contributed by atoms with Crippen molar-refractivity contribution in [1.82, 2.24) is 4.90 Å². The highest BCUT2D eigenvalue weighted by atomic mass is 16.2. The number of nitrogens with one attached hydrogen (secondary N) is 1. The Kier molecular flexibility index (Phi) is 5.13. The van der Waals surface area contributed by atoms with Gasteiger partial charge < -0.3 is 5.32 Å². The lowest BCUT2D eigenvalue weighted by atomic mass is 10.0. The van der Waals surface area contributed by atoms with Gasteiger partial charge in [-0.05, 0) is 57.4 Å². The van der Waals surface area contributed by atoms with Crippen molar-refractivity contribution < 1.29 is 14.4 Å². The Balaban J connectivity index is 1.58. The van der Waals surface area contributed by atoms with Crippen molar-refractivity contribution in [2.75, 3.05) is 11.9 Å². The Morgan fingerprint density at radius 3 is 2.19 bits per heavy atom. The predicted octanol–water partition coefficient (Wildman–Crippen LogP) is 3.94. The van der Waals surface area contributed by atoms with Crippen LogP contribution >= 0.6 is 0 Å². The molecule has 0 unspecified atom stereocenters. The van der Waals surface area contributed by atoms with E-state index in [1.54, 1.807) is 12.1 Å². The van der Waals surface area contributed by atoms with Crippen LogP contribution in [-0.4, -0.2) is 29.2 Å². The number of aryl methyl sites for hydroxylation is 4. The second-order valence-electron chi connectivity index (χ2n) is 7.24. The summed E-state index contributed by atoms with van der Waals surface area (Å²) >= 11 is 0. The van der Waals surface area contributed by atoms with Crippen LogP contribution in [0.4, 0.5) is 5.69 Å². The summed E-state index contributed by atoms with van der Waals surface area (Å²) in [6.07, 6.45) is 0.680. The van der Waals surface area contributed by atoms with Crippen molar-refractivity contribution in [3.8, 4) is 0 Å². The maximum absolute atomic E-state index is 12.5. The molecule has 140 valence electrons. The number of hydrogen-bond donors (Lipinski definition) is 1. The number of anilines is 1. The van der Waals surface area contributed by atoms with E-state index in [4.69, 9.17) is 0 Å². The van der Waals surface area contributed by atoms with E-state index < -0.39 is 0 Å². The molecule has 2 aromatic rings. The zero-order valence-corrected chi connectivity index (χ0v) is 16.2. The molecule has 3 rings (SSSR count). The Labute approximate surface area is 159 Å². The van der Waals surface area contributed by atoms with Gasteiger partial charge in [-0.25, -0.2) is 0 Å². The highest BCUT2D eigenvalue weighted by molar-refractivity contribution is 6.21. The highest BCUT2D eigenvalue weighted by Crippen LogP contribution is 2.25. The fourth-order valence-corrected chi connectivity index (χ4v) is 3.58.